The van der Waals surface area contributed by atoms with Crippen LogP contribution in [-0.4, -0.2) is 84.7 Å². The summed E-state index contributed by atoms with van der Waals surface area (Å²) in [6, 6.07) is 20.0. The minimum atomic E-state index is -3.78. The molecule has 50 heavy (non-hydrogen) atoms. The third-order valence-corrected chi connectivity index (χ3v) is 9.71. The third kappa shape index (κ3) is 8.26. The van der Waals surface area contributed by atoms with Crippen molar-refractivity contribution in [3.05, 3.63) is 83.9 Å². The molecule has 8 atom stereocenters. The zero-order valence-electron chi connectivity index (χ0n) is 28.5. The van der Waals surface area contributed by atoms with Crippen LogP contribution in [0.15, 0.2) is 72.8 Å². The second kappa shape index (κ2) is 16.7. The molecule has 0 aliphatic carbocycles. The molecule has 5 N–H and O–H groups in total. The topological polar surface area (TPSA) is 197 Å². The molecule has 0 saturated carbocycles. The number of aryl methyl sites for hydroxylation is 1. The minimum absolute atomic E-state index is 0.190. The Morgan fingerprint density at radius 2 is 1.52 bits per heavy atom. The summed E-state index contributed by atoms with van der Waals surface area (Å²) in [5.41, 5.74) is -4.78. The van der Waals surface area contributed by atoms with Gasteiger partial charge in [-0.2, -0.15) is 0 Å². The van der Waals surface area contributed by atoms with Crippen LogP contribution in [0.2, 0.25) is 0 Å². The predicted molar refractivity (Wildman–Crippen MR) is 180 cm³/mol. The van der Waals surface area contributed by atoms with Crippen LogP contribution in [0.4, 0.5) is 0 Å². The van der Waals surface area contributed by atoms with Gasteiger partial charge in [-0.3, -0.25) is 4.79 Å². The smallest absolute Gasteiger partial charge is 0.344 e. The van der Waals surface area contributed by atoms with E-state index >= 15 is 0 Å². The Labute approximate surface area is 291 Å². The van der Waals surface area contributed by atoms with E-state index in [0.717, 1.165) is 31.2 Å². The van der Waals surface area contributed by atoms with Gasteiger partial charge in [0.2, 0.25) is 23.1 Å². The van der Waals surface area contributed by atoms with Gasteiger partial charge in [0.25, 0.3) is 0 Å². The van der Waals surface area contributed by atoms with E-state index in [1.165, 1.54) is 5.56 Å². The Morgan fingerprint density at radius 3 is 2.12 bits per heavy atom. The molecule has 4 rings (SSSR count). The summed E-state index contributed by atoms with van der Waals surface area (Å²) in [6.45, 7) is 4.10. The molecule has 2 aromatic carbocycles. The number of unbranched alkanes of at least 4 members (excludes halogenated alkanes) is 1. The summed E-state index contributed by atoms with van der Waals surface area (Å²) in [4.78, 5) is 50.7. The number of carbonyl (C=O) groups is 4. The molecule has 2 saturated heterocycles. The summed E-state index contributed by atoms with van der Waals surface area (Å²) in [7, 11) is 0. The zero-order chi connectivity index (χ0) is 36.5. The van der Waals surface area contributed by atoms with Crippen molar-refractivity contribution in [1.82, 2.24) is 0 Å². The monoisotopic (exact) mass is 696 g/mol. The molecule has 12 heteroatoms. The van der Waals surface area contributed by atoms with E-state index < -0.39 is 59.2 Å². The number of esters is 1. The fourth-order valence-electron chi connectivity index (χ4n) is 7.03. The normalized spacial score (nSPS) is 28.6. The number of benzene rings is 2. The van der Waals surface area contributed by atoms with Crippen molar-refractivity contribution in [1.29, 1.82) is 0 Å². The number of allylic oxidation sites excluding steroid dienone is 2. The number of carbonyl (C=O) groups excluding carboxylic acids is 1. The van der Waals surface area contributed by atoms with Crippen molar-refractivity contribution < 1.29 is 58.9 Å². The van der Waals surface area contributed by atoms with Crippen LogP contribution in [0.5, 0.6) is 0 Å². The van der Waals surface area contributed by atoms with Crippen molar-refractivity contribution in [2.45, 2.75) is 113 Å². The van der Waals surface area contributed by atoms with E-state index in [-0.39, 0.29) is 37.5 Å². The van der Waals surface area contributed by atoms with Crippen LogP contribution in [-0.2, 0) is 46.2 Å². The highest BCUT2D eigenvalue weighted by Crippen LogP contribution is 2.55. The van der Waals surface area contributed by atoms with E-state index in [9.17, 15) is 44.7 Å². The van der Waals surface area contributed by atoms with Crippen molar-refractivity contribution >= 4 is 23.9 Å². The lowest BCUT2D eigenvalue weighted by Crippen LogP contribution is -2.78. The standard InChI is InChI=1S/C38H48O12/c1-25(16-13-21-27-17-5-3-6-18-27)14-9-10-22-29(39)48-31-30(40)36(23-12-11-15-26(2)24-28-19-7-4-8-20-28)49-32(33(41)42)37(47,34(43)44)38(31,50-36)35(45)46/h3-9,14,17-20,25-26,30-32,40,47H,10-13,15-16,21-24H2,1-2H3,(H,41,42)(H,43,44)(H,45,46)/b14-9+/t25-,26+,30+,31+,32+,36-,37+,38-/m0/s1. The summed E-state index contributed by atoms with van der Waals surface area (Å²) in [5.74, 6) is -9.36. The van der Waals surface area contributed by atoms with Crippen LogP contribution in [0, 0.1) is 11.8 Å². The van der Waals surface area contributed by atoms with Crippen molar-refractivity contribution in [3.63, 3.8) is 0 Å². The van der Waals surface area contributed by atoms with Gasteiger partial charge in [-0.05, 0) is 61.5 Å². The largest absolute Gasteiger partial charge is 0.479 e. The van der Waals surface area contributed by atoms with Crippen LogP contribution in [0.3, 0.4) is 0 Å². The summed E-state index contributed by atoms with van der Waals surface area (Å²) >= 11 is 0. The van der Waals surface area contributed by atoms with E-state index in [1.807, 2.05) is 61.5 Å². The van der Waals surface area contributed by atoms with Gasteiger partial charge < -0.3 is 39.7 Å². The second-order valence-electron chi connectivity index (χ2n) is 13.6. The summed E-state index contributed by atoms with van der Waals surface area (Å²) < 4.78 is 16.6. The van der Waals surface area contributed by atoms with Crippen molar-refractivity contribution in [2.75, 3.05) is 0 Å². The number of ether oxygens (including phenoxy) is 3. The molecule has 2 heterocycles. The second-order valence-corrected chi connectivity index (χ2v) is 13.6. The molecule has 2 aliphatic rings. The average molecular weight is 697 g/mol. The van der Waals surface area contributed by atoms with Crippen molar-refractivity contribution in [3.8, 4) is 0 Å². The first-order valence-electron chi connectivity index (χ1n) is 17.2. The van der Waals surface area contributed by atoms with Crippen LogP contribution in [0.1, 0.15) is 76.3 Å². The molecular weight excluding hydrogens is 648 g/mol. The molecule has 0 unspecified atom stereocenters. The molecule has 12 nitrogen and oxygen atoms in total. The third-order valence-electron chi connectivity index (χ3n) is 9.71. The van der Waals surface area contributed by atoms with Crippen LogP contribution in [0.25, 0.3) is 0 Å². The predicted octanol–water partition coefficient (Wildman–Crippen LogP) is 4.54. The van der Waals surface area contributed by atoms with Gasteiger partial charge in [-0.1, -0.05) is 99.5 Å². The molecule has 0 spiro atoms. The lowest BCUT2D eigenvalue weighted by atomic mass is 9.74. The molecule has 2 fully saturated rings. The number of aliphatic hydroxyl groups is 2. The maximum Gasteiger partial charge on any atom is 0.344 e. The lowest BCUT2D eigenvalue weighted by Gasteiger charge is -2.48. The molecule has 2 aliphatic heterocycles. The van der Waals surface area contributed by atoms with E-state index in [0.29, 0.717) is 12.8 Å². The highest BCUT2D eigenvalue weighted by atomic mass is 16.8. The highest BCUT2D eigenvalue weighted by Gasteiger charge is 2.85. The average Bonchev–Trinajstić information content (AvgIpc) is 3.29. The van der Waals surface area contributed by atoms with Gasteiger partial charge in [-0.25, -0.2) is 14.4 Å². The molecule has 2 bridgehead atoms. The Kier molecular flexibility index (Phi) is 13.0. The Morgan fingerprint density at radius 1 is 0.880 bits per heavy atom. The van der Waals surface area contributed by atoms with E-state index in [4.69, 9.17) is 14.2 Å². The van der Waals surface area contributed by atoms with Gasteiger partial charge >= 0.3 is 23.9 Å². The summed E-state index contributed by atoms with van der Waals surface area (Å²) in [5, 5.41) is 53.3. The highest BCUT2D eigenvalue weighted by molar-refractivity contribution is 5.98. The van der Waals surface area contributed by atoms with Crippen molar-refractivity contribution in [2.24, 2.45) is 11.8 Å². The molecule has 0 amide bonds. The van der Waals surface area contributed by atoms with E-state index in [1.54, 1.807) is 6.08 Å². The minimum Gasteiger partial charge on any atom is -0.479 e. The quantitative estimate of drug-likeness (QED) is 0.0782. The summed E-state index contributed by atoms with van der Waals surface area (Å²) in [6.07, 6.45) is 1.37. The van der Waals surface area contributed by atoms with Crippen LogP contribution < -0.4 is 0 Å². The number of aliphatic carboxylic acids is 3. The number of carboxylic acids is 3. The number of hydrogen-bond donors (Lipinski definition) is 5. The van der Waals surface area contributed by atoms with Gasteiger partial charge in [0.1, 0.15) is 6.10 Å². The Balaban J connectivity index is 1.44. The van der Waals surface area contributed by atoms with E-state index in [2.05, 4.69) is 19.1 Å². The first kappa shape index (κ1) is 38.7. The molecule has 0 aromatic heterocycles. The number of aliphatic hydroxyl groups excluding tert-OH is 1. The number of carboxylic acid groups (broad SMARTS) is 3. The van der Waals surface area contributed by atoms with Gasteiger partial charge in [0.05, 0.1) is 0 Å². The molecular formula is C38H48O12. The zero-order valence-corrected chi connectivity index (χ0v) is 28.5. The fourth-order valence-corrected chi connectivity index (χ4v) is 7.03. The van der Waals surface area contributed by atoms with Gasteiger partial charge in [0, 0.05) is 12.8 Å². The first-order valence-corrected chi connectivity index (χ1v) is 17.2. The molecule has 2 aromatic rings. The van der Waals surface area contributed by atoms with Crippen LogP contribution >= 0.6 is 0 Å². The number of fused-ring (bicyclic) bond motifs is 2. The Bertz CT molecular complexity index is 1500. The van der Waals surface area contributed by atoms with Gasteiger partial charge in [0.15, 0.2) is 6.10 Å². The van der Waals surface area contributed by atoms with Gasteiger partial charge in [-0.15, -0.1) is 0 Å². The Hall–Kier alpha value is -4.10. The number of hydrogen-bond acceptors (Lipinski definition) is 9. The maximum atomic E-state index is 13.1. The fraction of sp³-hybridized carbons (Fsp3) is 0.526. The molecule has 0 radical (unpaired) electrons. The number of rotatable bonds is 19. The molecule has 272 valence electrons. The lowest BCUT2D eigenvalue weighted by molar-refractivity contribution is -0.374. The first-order chi connectivity index (χ1) is 23.8. The maximum absolute atomic E-state index is 13.1. The SMILES string of the molecule is C[C@H](CCCC[C@]12O[C@H](C(=O)O)[C@@](O)(C(=O)O)[C@](C(=O)O)(O1)[C@H](OC(=O)CC/C=C/[C@H](C)CCCc1ccccc1)[C@H]2O)Cc1ccccc1.